The van der Waals surface area contributed by atoms with Gasteiger partial charge in [-0.1, -0.05) is 27.7 Å². The Morgan fingerprint density at radius 2 is 1.88 bits per heavy atom. The van der Waals surface area contributed by atoms with E-state index < -0.39 is 12.0 Å². The third-order valence-electron chi connectivity index (χ3n) is 2.55. The molecule has 0 spiro atoms. The minimum atomic E-state index is -0.612. The van der Waals surface area contributed by atoms with E-state index in [1.54, 1.807) is 0 Å². The lowest BCUT2D eigenvalue weighted by molar-refractivity contribution is -0.148. The van der Waals surface area contributed by atoms with Crippen LogP contribution in [0.3, 0.4) is 0 Å². The number of rotatable bonds is 5. The summed E-state index contributed by atoms with van der Waals surface area (Å²) in [5.74, 6) is -0.627. The highest BCUT2D eigenvalue weighted by atomic mass is 16.5. The number of nitrogens with zero attached hydrogens (tertiary/aromatic N) is 1. The quantitative estimate of drug-likeness (QED) is 0.725. The molecule has 0 aliphatic carbocycles. The molecule has 0 fully saturated rings. The van der Waals surface area contributed by atoms with E-state index in [0.29, 0.717) is 6.54 Å². The maximum atomic E-state index is 12.1. The lowest BCUT2D eigenvalue weighted by Gasteiger charge is -2.31. The zero-order chi connectivity index (χ0) is 13.6. The van der Waals surface area contributed by atoms with Gasteiger partial charge in [0.2, 0.25) is 5.91 Å². The standard InChI is InChI=1S/C12H24N2O3/c1-6-7-14(8-9(15)17-5)11(16)10(13)12(2,3)4/h10H,6-8,13H2,1-5H3/t10-/m1/s1. The molecule has 0 aromatic heterocycles. The first-order valence-electron chi connectivity index (χ1n) is 5.85. The summed E-state index contributed by atoms with van der Waals surface area (Å²) in [6, 6.07) is -0.612. The first-order chi connectivity index (χ1) is 7.73. The first kappa shape index (κ1) is 15.9. The van der Waals surface area contributed by atoms with Crippen LogP contribution in [-0.4, -0.2) is 43.0 Å². The van der Waals surface area contributed by atoms with Crippen molar-refractivity contribution in [2.45, 2.75) is 40.2 Å². The van der Waals surface area contributed by atoms with E-state index in [9.17, 15) is 9.59 Å². The second-order valence-electron chi connectivity index (χ2n) is 5.18. The molecule has 5 heteroatoms. The molecular formula is C12H24N2O3. The average Bonchev–Trinajstić information content (AvgIpc) is 2.25. The number of amides is 1. The van der Waals surface area contributed by atoms with Crippen LogP contribution < -0.4 is 5.73 Å². The molecule has 0 radical (unpaired) electrons. The summed E-state index contributed by atoms with van der Waals surface area (Å²) in [6.07, 6.45) is 0.777. The number of carbonyl (C=O) groups is 2. The molecule has 0 saturated carbocycles. The Bertz CT molecular complexity index is 271. The van der Waals surface area contributed by atoms with Crippen molar-refractivity contribution in [1.29, 1.82) is 0 Å². The van der Waals surface area contributed by atoms with Crippen LogP contribution in [0.5, 0.6) is 0 Å². The predicted molar refractivity (Wildman–Crippen MR) is 66.3 cm³/mol. The van der Waals surface area contributed by atoms with Gasteiger partial charge in [-0.25, -0.2) is 0 Å². The van der Waals surface area contributed by atoms with E-state index in [1.165, 1.54) is 12.0 Å². The van der Waals surface area contributed by atoms with Crippen LogP contribution in [0.15, 0.2) is 0 Å². The number of methoxy groups -OCH3 is 1. The smallest absolute Gasteiger partial charge is 0.325 e. The molecule has 0 aliphatic rings. The molecular weight excluding hydrogens is 220 g/mol. The number of carbonyl (C=O) groups excluding carboxylic acids is 2. The molecule has 0 unspecified atom stereocenters. The monoisotopic (exact) mass is 244 g/mol. The molecule has 0 heterocycles. The Morgan fingerprint density at radius 3 is 2.24 bits per heavy atom. The maximum absolute atomic E-state index is 12.1. The van der Waals surface area contributed by atoms with E-state index in [2.05, 4.69) is 4.74 Å². The van der Waals surface area contributed by atoms with Crippen molar-refractivity contribution >= 4 is 11.9 Å². The summed E-state index contributed by atoms with van der Waals surface area (Å²) in [6.45, 7) is 8.12. The molecule has 17 heavy (non-hydrogen) atoms. The van der Waals surface area contributed by atoms with Crippen LogP contribution in [0.4, 0.5) is 0 Å². The molecule has 2 N–H and O–H groups in total. The zero-order valence-electron chi connectivity index (χ0n) is 11.4. The molecule has 0 saturated heterocycles. The molecule has 0 bridgehead atoms. The Labute approximate surface area is 103 Å². The van der Waals surface area contributed by atoms with Crippen LogP contribution in [0.2, 0.25) is 0 Å². The summed E-state index contributed by atoms with van der Waals surface area (Å²) in [5.41, 5.74) is 5.58. The fourth-order valence-electron chi connectivity index (χ4n) is 1.32. The van der Waals surface area contributed by atoms with Gasteiger partial charge in [0.15, 0.2) is 0 Å². The summed E-state index contributed by atoms with van der Waals surface area (Å²) < 4.78 is 4.57. The molecule has 1 atom stereocenters. The molecule has 100 valence electrons. The Balaban J connectivity index is 4.70. The molecule has 0 rings (SSSR count). The third kappa shape index (κ3) is 5.17. The first-order valence-corrected chi connectivity index (χ1v) is 5.85. The van der Waals surface area contributed by atoms with Gasteiger partial charge in [-0.3, -0.25) is 9.59 Å². The minimum absolute atomic E-state index is 0.0348. The molecule has 0 aliphatic heterocycles. The fraction of sp³-hybridized carbons (Fsp3) is 0.833. The topological polar surface area (TPSA) is 72.6 Å². The zero-order valence-corrected chi connectivity index (χ0v) is 11.4. The summed E-state index contributed by atoms with van der Waals surface area (Å²) in [5, 5.41) is 0. The van der Waals surface area contributed by atoms with Gasteiger partial charge < -0.3 is 15.4 Å². The van der Waals surface area contributed by atoms with Gasteiger partial charge in [0, 0.05) is 6.54 Å². The minimum Gasteiger partial charge on any atom is -0.468 e. The number of nitrogens with two attached hydrogens (primary N) is 1. The van der Waals surface area contributed by atoms with Crippen molar-refractivity contribution in [3.05, 3.63) is 0 Å². The van der Waals surface area contributed by atoms with Crippen molar-refractivity contribution in [3.63, 3.8) is 0 Å². The highest BCUT2D eigenvalue weighted by Gasteiger charge is 2.31. The van der Waals surface area contributed by atoms with E-state index in [4.69, 9.17) is 5.73 Å². The third-order valence-corrected chi connectivity index (χ3v) is 2.55. The summed E-state index contributed by atoms with van der Waals surface area (Å²) in [4.78, 5) is 24.8. The van der Waals surface area contributed by atoms with E-state index in [-0.39, 0.29) is 17.9 Å². The van der Waals surface area contributed by atoms with Gasteiger partial charge >= 0.3 is 5.97 Å². The second-order valence-corrected chi connectivity index (χ2v) is 5.18. The lowest BCUT2D eigenvalue weighted by atomic mass is 9.86. The number of esters is 1. The second kappa shape index (κ2) is 6.59. The lowest BCUT2D eigenvalue weighted by Crippen LogP contribution is -2.51. The number of hydrogen-bond acceptors (Lipinski definition) is 4. The molecule has 0 aromatic carbocycles. The SMILES string of the molecule is CCCN(CC(=O)OC)C(=O)[C@@H](N)C(C)(C)C. The maximum Gasteiger partial charge on any atom is 0.325 e. The van der Waals surface area contributed by atoms with Crippen LogP contribution in [-0.2, 0) is 14.3 Å². The van der Waals surface area contributed by atoms with Gasteiger partial charge in [0.05, 0.1) is 13.2 Å². The van der Waals surface area contributed by atoms with Gasteiger partial charge in [0.1, 0.15) is 6.54 Å². The molecule has 0 aromatic rings. The Morgan fingerprint density at radius 1 is 1.35 bits per heavy atom. The van der Waals surface area contributed by atoms with Crippen molar-refractivity contribution in [2.24, 2.45) is 11.1 Å². The van der Waals surface area contributed by atoms with E-state index >= 15 is 0 Å². The van der Waals surface area contributed by atoms with Gasteiger partial charge in [-0.2, -0.15) is 0 Å². The van der Waals surface area contributed by atoms with Crippen LogP contribution in [0, 0.1) is 5.41 Å². The summed E-state index contributed by atoms with van der Waals surface area (Å²) >= 11 is 0. The van der Waals surface area contributed by atoms with Crippen molar-refractivity contribution in [2.75, 3.05) is 20.2 Å². The Hall–Kier alpha value is -1.10. The van der Waals surface area contributed by atoms with Gasteiger partial charge in [0.25, 0.3) is 0 Å². The van der Waals surface area contributed by atoms with Crippen molar-refractivity contribution < 1.29 is 14.3 Å². The van der Waals surface area contributed by atoms with Crippen LogP contribution in [0.25, 0.3) is 0 Å². The van der Waals surface area contributed by atoms with Gasteiger partial charge in [-0.15, -0.1) is 0 Å². The molecule has 5 nitrogen and oxygen atoms in total. The van der Waals surface area contributed by atoms with Crippen molar-refractivity contribution in [1.82, 2.24) is 4.90 Å². The number of hydrogen-bond donors (Lipinski definition) is 1. The normalized spacial score (nSPS) is 13.1. The van der Waals surface area contributed by atoms with Crippen molar-refractivity contribution in [3.8, 4) is 0 Å². The Kier molecular flexibility index (Phi) is 6.16. The van der Waals surface area contributed by atoms with Crippen LogP contribution >= 0.6 is 0 Å². The van der Waals surface area contributed by atoms with Crippen LogP contribution in [0.1, 0.15) is 34.1 Å². The predicted octanol–water partition coefficient (Wildman–Crippen LogP) is 0.771. The highest BCUT2D eigenvalue weighted by molar-refractivity contribution is 5.86. The number of ether oxygens (including phenoxy) is 1. The summed E-state index contributed by atoms with van der Waals surface area (Å²) in [7, 11) is 1.31. The van der Waals surface area contributed by atoms with E-state index in [0.717, 1.165) is 6.42 Å². The largest absolute Gasteiger partial charge is 0.468 e. The van der Waals surface area contributed by atoms with Gasteiger partial charge in [-0.05, 0) is 11.8 Å². The molecule has 1 amide bonds. The fourth-order valence-corrected chi connectivity index (χ4v) is 1.32. The average molecular weight is 244 g/mol. The highest BCUT2D eigenvalue weighted by Crippen LogP contribution is 2.19. The van der Waals surface area contributed by atoms with E-state index in [1.807, 2.05) is 27.7 Å².